The van der Waals surface area contributed by atoms with Crippen molar-refractivity contribution in [2.75, 3.05) is 6.61 Å². The van der Waals surface area contributed by atoms with Crippen molar-refractivity contribution in [3.05, 3.63) is 41.2 Å². The van der Waals surface area contributed by atoms with Crippen LogP contribution >= 0.6 is 11.6 Å². The third kappa shape index (κ3) is 2.69. The summed E-state index contributed by atoms with van der Waals surface area (Å²) < 4.78 is 0. The number of rotatable bonds is 2. The lowest BCUT2D eigenvalue weighted by atomic mass is 10.1. The molecule has 0 saturated heterocycles. The van der Waals surface area contributed by atoms with E-state index >= 15 is 0 Å². The van der Waals surface area contributed by atoms with Crippen molar-refractivity contribution in [1.29, 1.82) is 5.39 Å². The molecule has 0 unspecified atom stereocenters. The SMILES string of the molecule is N#[N+]c1cccc(Cl)c1CCO.[CH3-]. The summed E-state index contributed by atoms with van der Waals surface area (Å²) in [5, 5.41) is 17.7. The minimum atomic E-state index is -0.00769. The first-order valence-corrected chi connectivity index (χ1v) is 3.90. The standard InChI is InChI=1S/C8H8ClN2O.CH3/c9-7-2-1-3-8(11-10)6(7)4-5-12;/h1-3,12H,4-5H2;1H3/q+1;-1. The van der Waals surface area contributed by atoms with Gasteiger partial charge in [-0.15, -0.1) is 0 Å². The van der Waals surface area contributed by atoms with E-state index in [1.165, 1.54) is 0 Å². The zero-order chi connectivity index (χ0) is 8.97. The fourth-order valence-electron chi connectivity index (χ4n) is 1.00. The van der Waals surface area contributed by atoms with Crippen LogP contribution in [0.25, 0.3) is 4.98 Å². The lowest BCUT2D eigenvalue weighted by Crippen LogP contribution is -1.91. The van der Waals surface area contributed by atoms with Crippen molar-refractivity contribution >= 4 is 17.3 Å². The smallest absolute Gasteiger partial charge is 0.389 e. The average Bonchev–Trinajstić information content (AvgIpc) is 2.09. The van der Waals surface area contributed by atoms with E-state index in [4.69, 9.17) is 22.1 Å². The molecule has 0 atom stereocenters. The number of hydrogen-bond acceptors (Lipinski definition) is 2. The van der Waals surface area contributed by atoms with Gasteiger partial charge in [-0.3, -0.25) is 0 Å². The second-order valence-electron chi connectivity index (χ2n) is 2.31. The van der Waals surface area contributed by atoms with Crippen LogP contribution in [0.3, 0.4) is 0 Å². The molecular formula is C9H11ClN2O. The van der Waals surface area contributed by atoms with Crippen LogP contribution in [0.15, 0.2) is 18.2 Å². The minimum absolute atomic E-state index is 0. The summed E-state index contributed by atoms with van der Waals surface area (Å²) >= 11 is 5.80. The maximum Gasteiger partial charge on any atom is 0.389 e. The first-order valence-electron chi connectivity index (χ1n) is 3.53. The highest BCUT2D eigenvalue weighted by molar-refractivity contribution is 6.31. The molecule has 4 heteroatoms. The molecule has 0 aliphatic carbocycles. The van der Waals surface area contributed by atoms with Gasteiger partial charge in [0.25, 0.3) is 0 Å². The molecule has 0 aromatic heterocycles. The first kappa shape index (κ1) is 11.9. The van der Waals surface area contributed by atoms with E-state index in [-0.39, 0.29) is 14.0 Å². The average molecular weight is 199 g/mol. The Kier molecular flexibility index (Phi) is 5.05. The van der Waals surface area contributed by atoms with Crippen LogP contribution in [0.5, 0.6) is 0 Å². The van der Waals surface area contributed by atoms with Gasteiger partial charge >= 0.3 is 5.69 Å². The van der Waals surface area contributed by atoms with Gasteiger partial charge in [0.1, 0.15) is 0 Å². The molecule has 0 spiro atoms. The van der Waals surface area contributed by atoms with Crippen LogP contribution in [-0.2, 0) is 6.42 Å². The van der Waals surface area contributed by atoms with Gasteiger partial charge in [-0.1, -0.05) is 17.7 Å². The maximum atomic E-state index is 8.68. The minimum Gasteiger partial charge on any atom is -0.396 e. The molecule has 1 aromatic rings. The van der Waals surface area contributed by atoms with Gasteiger partial charge in [-0.2, -0.15) is 0 Å². The molecule has 70 valence electrons. The van der Waals surface area contributed by atoms with E-state index in [0.717, 1.165) is 0 Å². The van der Waals surface area contributed by atoms with E-state index in [9.17, 15) is 0 Å². The highest BCUT2D eigenvalue weighted by Gasteiger charge is 2.15. The van der Waals surface area contributed by atoms with E-state index in [0.29, 0.717) is 22.7 Å². The van der Waals surface area contributed by atoms with E-state index in [2.05, 4.69) is 4.98 Å². The summed E-state index contributed by atoms with van der Waals surface area (Å²) in [5.41, 5.74) is 1.08. The van der Waals surface area contributed by atoms with Crippen molar-refractivity contribution < 1.29 is 5.11 Å². The first-order chi connectivity index (χ1) is 5.79. The number of benzene rings is 1. The summed E-state index contributed by atoms with van der Waals surface area (Å²) in [6.45, 7) is -0.00769. The molecule has 1 aromatic carbocycles. The summed E-state index contributed by atoms with van der Waals surface area (Å²) in [5.74, 6) is 0. The summed E-state index contributed by atoms with van der Waals surface area (Å²) in [6.07, 6.45) is 0.402. The lowest BCUT2D eigenvalue weighted by Gasteiger charge is -1.96. The fourth-order valence-corrected chi connectivity index (χ4v) is 1.26. The lowest BCUT2D eigenvalue weighted by molar-refractivity contribution is 0.300. The predicted octanol–water partition coefficient (Wildman–Crippen LogP) is 2.81. The van der Waals surface area contributed by atoms with Crippen molar-refractivity contribution in [3.8, 4) is 0 Å². The van der Waals surface area contributed by atoms with Crippen LogP contribution in [-0.4, -0.2) is 11.7 Å². The number of hydrogen-bond donors (Lipinski definition) is 1. The second-order valence-corrected chi connectivity index (χ2v) is 2.72. The van der Waals surface area contributed by atoms with Gasteiger partial charge in [0.05, 0.1) is 10.6 Å². The number of halogens is 1. The molecule has 3 nitrogen and oxygen atoms in total. The highest BCUT2D eigenvalue weighted by Crippen LogP contribution is 2.26. The molecule has 0 bridgehead atoms. The Morgan fingerprint density at radius 1 is 1.46 bits per heavy atom. The Balaban J connectivity index is 0.00000144. The van der Waals surface area contributed by atoms with Crippen LogP contribution in [0.1, 0.15) is 5.56 Å². The number of aliphatic hydroxyl groups excluding tert-OH is 1. The third-order valence-electron chi connectivity index (χ3n) is 1.56. The Bertz CT molecular complexity index is 320. The third-order valence-corrected chi connectivity index (χ3v) is 1.92. The van der Waals surface area contributed by atoms with Crippen LogP contribution in [0.4, 0.5) is 5.69 Å². The zero-order valence-corrected chi connectivity index (χ0v) is 8.12. The molecule has 1 N–H and O–H groups in total. The maximum absolute atomic E-state index is 8.68. The molecular weight excluding hydrogens is 188 g/mol. The van der Waals surface area contributed by atoms with Crippen LogP contribution in [0.2, 0.25) is 5.02 Å². The van der Waals surface area contributed by atoms with Crippen molar-refractivity contribution in [2.24, 2.45) is 0 Å². The van der Waals surface area contributed by atoms with Crippen LogP contribution < -0.4 is 0 Å². The van der Waals surface area contributed by atoms with Gasteiger partial charge in [-0.05, 0) is 6.07 Å². The number of aliphatic hydroxyl groups is 1. The Hall–Kier alpha value is -1.11. The monoisotopic (exact) mass is 198 g/mol. The van der Waals surface area contributed by atoms with E-state index in [1.807, 2.05) is 0 Å². The Morgan fingerprint density at radius 2 is 2.15 bits per heavy atom. The molecule has 13 heavy (non-hydrogen) atoms. The van der Waals surface area contributed by atoms with Gasteiger partial charge < -0.3 is 12.5 Å². The summed E-state index contributed by atoms with van der Waals surface area (Å²) in [4.78, 5) is 3.05. The number of nitrogens with zero attached hydrogens (tertiary/aromatic N) is 2. The van der Waals surface area contributed by atoms with Gasteiger partial charge in [0, 0.05) is 19.1 Å². The molecule has 0 saturated carbocycles. The van der Waals surface area contributed by atoms with Crippen molar-refractivity contribution in [2.45, 2.75) is 6.42 Å². The highest BCUT2D eigenvalue weighted by atomic mass is 35.5. The van der Waals surface area contributed by atoms with Gasteiger partial charge in [0.2, 0.25) is 5.39 Å². The van der Waals surface area contributed by atoms with Gasteiger partial charge in [-0.25, -0.2) is 0 Å². The van der Waals surface area contributed by atoms with Crippen LogP contribution in [0, 0.1) is 12.8 Å². The van der Waals surface area contributed by atoms with Crippen molar-refractivity contribution in [1.82, 2.24) is 0 Å². The molecule has 1 rings (SSSR count). The molecule has 0 fully saturated rings. The molecule has 0 aliphatic heterocycles. The topological polar surface area (TPSA) is 48.4 Å². The second kappa shape index (κ2) is 5.52. The van der Waals surface area contributed by atoms with E-state index < -0.39 is 0 Å². The Morgan fingerprint density at radius 3 is 2.69 bits per heavy atom. The van der Waals surface area contributed by atoms with Crippen molar-refractivity contribution in [3.63, 3.8) is 0 Å². The van der Waals surface area contributed by atoms with Gasteiger partial charge in [0.15, 0.2) is 4.98 Å². The molecule has 0 amide bonds. The van der Waals surface area contributed by atoms with E-state index in [1.54, 1.807) is 18.2 Å². The fraction of sp³-hybridized carbons (Fsp3) is 0.222. The number of diazo groups is 1. The summed E-state index contributed by atoms with van der Waals surface area (Å²) in [6, 6.07) is 5.02. The zero-order valence-electron chi connectivity index (χ0n) is 7.37. The predicted molar refractivity (Wildman–Crippen MR) is 53.4 cm³/mol. The quantitative estimate of drug-likeness (QED) is 0.587. The normalized spacial score (nSPS) is 8.69. The largest absolute Gasteiger partial charge is 0.396 e. The molecule has 0 radical (unpaired) electrons. The molecule has 0 heterocycles. The molecule has 0 aliphatic rings. The Labute approximate surface area is 82.6 Å². The summed E-state index contributed by atoms with van der Waals surface area (Å²) in [7, 11) is 0.